The molecule has 0 amide bonds. The van der Waals surface area contributed by atoms with E-state index in [1.807, 2.05) is 6.07 Å². The van der Waals surface area contributed by atoms with Crippen LogP contribution in [0.4, 0.5) is 13.2 Å². The van der Waals surface area contributed by atoms with Crippen molar-refractivity contribution in [3.05, 3.63) is 33.9 Å². The van der Waals surface area contributed by atoms with Crippen LogP contribution in [0.5, 0.6) is 0 Å². The molecule has 1 aromatic carbocycles. The Hall–Kier alpha value is -1.48. The van der Waals surface area contributed by atoms with Gasteiger partial charge in [-0.25, -0.2) is 0 Å². The number of fused-ring (bicyclic) bond motifs is 1. The smallest absolute Gasteiger partial charge is 0.334 e. The Bertz CT molecular complexity index is 705. The third-order valence-corrected chi connectivity index (χ3v) is 3.90. The van der Waals surface area contributed by atoms with Gasteiger partial charge in [0.05, 0.1) is 17.1 Å². The van der Waals surface area contributed by atoms with Crippen LogP contribution in [-0.2, 0) is 6.18 Å². The van der Waals surface area contributed by atoms with Crippen LogP contribution in [0.3, 0.4) is 0 Å². The van der Waals surface area contributed by atoms with Crippen molar-refractivity contribution in [2.45, 2.75) is 25.1 Å². The van der Waals surface area contributed by atoms with E-state index >= 15 is 0 Å². The quantitative estimate of drug-likeness (QED) is 0.750. The number of halogens is 4. The second kappa shape index (κ2) is 4.01. The molecule has 0 spiro atoms. The Kier molecular flexibility index (Phi) is 2.65. The van der Waals surface area contributed by atoms with E-state index in [4.69, 9.17) is 5.26 Å². The lowest BCUT2D eigenvalue weighted by Gasteiger charge is -2.12. The highest BCUT2D eigenvalue weighted by Gasteiger charge is 2.39. The first-order valence-corrected chi connectivity index (χ1v) is 6.53. The number of nitriles is 1. The highest BCUT2D eigenvalue weighted by molar-refractivity contribution is 9.10. The second-order valence-corrected chi connectivity index (χ2v) is 5.49. The van der Waals surface area contributed by atoms with Crippen molar-refractivity contribution >= 4 is 26.8 Å². The number of alkyl halides is 3. The number of nitrogens with zero attached hydrogens (tertiary/aromatic N) is 2. The summed E-state index contributed by atoms with van der Waals surface area (Å²) in [7, 11) is 0. The molecule has 0 bridgehead atoms. The van der Waals surface area contributed by atoms with Crippen LogP contribution in [-0.4, -0.2) is 4.57 Å². The predicted octanol–water partition coefficient (Wildman–Crippen LogP) is 4.63. The molecule has 19 heavy (non-hydrogen) atoms. The van der Waals surface area contributed by atoms with E-state index in [0.29, 0.717) is 20.9 Å². The van der Waals surface area contributed by atoms with Crippen LogP contribution in [0, 0.1) is 11.3 Å². The first-order chi connectivity index (χ1) is 8.91. The molecule has 1 heterocycles. The van der Waals surface area contributed by atoms with Crippen LogP contribution in [0.1, 0.15) is 30.1 Å². The van der Waals surface area contributed by atoms with Crippen LogP contribution in [0.25, 0.3) is 10.9 Å². The first-order valence-electron chi connectivity index (χ1n) is 5.73. The summed E-state index contributed by atoms with van der Waals surface area (Å²) in [5.74, 6) is 0. The largest absolute Gasteiger partial charge is 0.431 e. The van der Waals surface area contributed by atoms with Crippen molar-refractivity contribution in [3.8, 4) is 6.07 Å². The van der Waals surface area contributed by atoms with Crippen molar-refractivity contribution in [3.63, 3.8) is 0 Å². The standard InChI is InChI=1S/C13H8BrF3N2/c14-10-3-7(6-18)4-11-9(10)5-12(13(15,16)17)19(11)8-1-2-8/h3-5,8H,1-2H2. The maximum Gasteiger partial charge on any atom is 0.431 e. The molecule has 1 aromatic heterocycles. The molecule has 6 heteroatoms. The molecule has 0 unspecified atom stereocenters. The average Bonchev–Trinajstić information content (AvgIpc) is 3.08. The van der Waals surface area contributed by atoms with E-state index in [2.05, 4.69) is 15.9 Å². The van der Waals surface area contributed by atoms with Crippen LogP contribution in [0.15, 0.2) is 22.7 Å². The second-order valence-electron chi connectivity index (χ2n) is 4.63. The van der Waals surface area contributed by atoms with Gasteiger partial charge in [0.1, 0.15) is 5.69 Å². The molecule has 3 rings (SSSR count). The number of benzene rings is 1. The minimum Gasteiger partial charge on any atom is -0.334 e. The van der Waals surface area contributed by atoms with E-state index in [-0.39, 0.29) is 6.04 Å². The zero-order valence-electron chi connectivity index (χ0n) is 9.63. The molecule has 0 radical (unpaired) electrons. The van der Waals surface area contributed by atoms with Crippen LogP contribution >= 0.6 is 15.9 Å². The Morgan fingerprint density at radius 3 is 2.47 bits per heavy atom. The SMILES string of the molecule is N#Cc1cc(Br)c2cc(C(F)(F)F)n(C3CC3)c2c1. The summed E-state index contributed by atoms with van der Waals surface area (Å²) < 4.78 is 41.1. The van der Waals surface area contributed by atoms with Crippen molar-refractivity contribution in [2.24, 2.45) is 0 Å². The van der Waals surface area contributed by atoms with Crippen LogP contribution in [0.2, 0.25) is 0 Å². The fraction of sp³-hybridized carbons (Fsp3) is 0.308. The molecule has 98 valence electrons. The van der Waals surface area contributed by atoms with Gasteiger partial charge < -0.3 is 4.57 Å². The molecule has 0 saturated heterocycles. The van der Waals surface area contributed by atoms with Gasteiger partial charge in [0.25, 0.3) is 0 Å². The van der Waals surface area contributed by atoms with E-state index in [9.17, 15) is 13.2 Å². The summed E-state index contributed by atoms with van der Waals surface area (Å²) in [5, 5.41) is 9.43. The molecule has 1 saturated carbocycles. The fourth-order valence-electron chi connectivity index (χ4n) is 2.29. The fourth-order valence-corrected chi connectivity index (χ4v) is 2.85. The molecule has 2 aromatic rings. The Morgan fingerprint density at radius 2 is 1.95 bits per heavy atom. The van der Waals surface area contributed by atoms with Gasteiger partial charge >= 0.3 is 6.18 Å². The highest BCUT2D eigenvalue weighted by atomic mass is 79.9. The van der Waals surface area contributed by atoms with Gasteiger partial charge in [-0.15, -0.1) is 0 Å². The van der Waals surface area contributed by atoms with Crippen molar-refractivity contribution in [1.82, 2.24) is 4.57 Å². The lowest BCUT2D eigenvalue weighted by atomic mass is 10.2. The Morgan fingerprint density at radius 1 is 1.26 bits per heavy atom. The molecule has 0 aliphatic heterocycles. The number of aromatic nitrogens is 1. The maximum atomic E-state index is 13.1. The topological polar surface area (TPSA) is 28.7 Å². The molecule has 2 nitrogen and oxygen atoms in total. The van der Waals surface area contributed by atoms with E-state index in [0.717, 1.165) is 18.9 Å². The van der Waals surface area contributed by atoms with Crippen molar-refractivity contribution in [1.29, 1.82) is 5.26 Å². The monoisotopic (exact) mass is 328 g/mol. The van der Waals surface area contributed by atoms with Gasteiger partial charge in [0.2, 0.25) is 0 Å². The summed E-state index contributed by atoms with van der Waals surface area (Å²) in [5.41, 5.74) is 0.189. The molecule has 1 aliphatic carbocycles. The third-order valence-electron chi connectivity index (χ3n) is 3.24. The van der Waals surface area contributed by atoms with Gasteiger partial charge in [0, 0.05) is 15.9 Å². The summed E-state index contributed by atoms with van der Waals surface area (Å²) in [6.07, 6.45) is -2.88. The summed E-state index contributed by atoms with van der Waals surface area (Å²) in [6, 6.07) is 6.08. The van der Waals surface area contributed by atoms with Gasteiger partial charge in [-0.2, -0.15) is 18.4 Å². The minimum atomic E-state index is -4.38. The lowest BCUT2D eigenvalue weighted by Crippen LogP contribution is -2.12. The van der Waals surface area contributed by atoms with E-state index < -0.39 is 11.9 Å². The number of hydrogen-bond donors (Lipinski definition) is 0. The minimum absolute atomic E-state index is 0.102. The average molecular weight is 329 g/mol. The maximum absolute atomic E-state index is 13.1. The Labute approximate surface area is 115 Å². The van der Waals surface area contributed by atoms with E-state index in [1.165, 1.54) is 10.6 Å². The van der Waals surface area contributed by atoms with Gasteiger partial charge in [0.15, 0.2) is 0 Å². The number of hydrogen-bond acceptors (Lipinski definition) is 1. The number of rotatable bonds is 1. The first kappa shape index (κ1) is 12.5. The van der Waals surface area contributed by atoms with Gasteiger partial charge in [-0.05, 0) is 31.0 Å². The van der Waals surface area contributed by atoms with Crippen molar-refractivity contribution < 1.29 is 13.2 Å². The Balaban J connectivity index is 2.37. The molecule has 0 atom stereocenters. The van der Waals surface area contributed by atoms with E-state index in [1.54, 1.807) is 6.07 Å². The summed E-state index contributed by atoms with van der Waals surface area (Å²) in [4.78, 5) is 0. The summed E-state index contributed by atoms with van der Waals surface area (Å²) >= 11 is 3.24. The molecule has 1 aliphatic rings. The molecular formula is C13H8BrF3N2. The zero-order chi connectivity index (χ0) is 13.8. The third kappa shape index (κ3) is 2.02. The van der Waals surface area contributed by atoms with Gasteiger partial charge in [-0.1, -0.05) is 15.9 Å². The van der Waals surface area contributed by atoms with Crippen LogP contribution < -0.4 is 0 Å². The predicted molar refractivity (Wildman–Crippen MR) is 67.6 cm³/mol. The summed E-state index contributed by atoms with van der Waals surface area (Å²) in [6.45, 7) is 0. The normalized spacial score (nSPS) is 15.7. The molecular weight excluding hydrogens is 321 g/mol. The van der Waals surface area contributed by atoms with Gasteiger partial charge in [-0.3, -0.25) is 0 Å². The zero-order valence-corrected chi connectivity index (χ0v) is 11.2. The molecule has 1 fully saturated rings. The van der Waals surface area contributed by atoms with Crippen molar-refractivity contribution in [2.75, 3.05) is 0 Å². The lowest BCUT2D eigenvalue weighted by molar-refractivity contribution is -0.143. The molecule has 0 N–H and O–H groups in total. The highest BCUT2D eigenvalue weighted by Crippen LogP contribution is 2.45.